The number of para-hydroxylation sites is 1. The molecule has 0 saturated carbocycles. The number of nitrogens with zero attached hydrogens (tertiary/aromatic N) is 1. The highest BCUT2D eigenvalue weighted by Crippen LogP contribution is 2.35. The summed E-state index contributed by atoms with van der Waals surface area (Å²) in [5.74, 6) is 1.06. The molecule has 7 nitrogen and oxygen atoms in total. The van der Waals surface area contributed by atoms with Gasteiger partial charge in [-0.3, -0.25) is 0 Å². The lowest BCUT2D eigenvalue weighted by Gasteiger charge is -2.32. The number of furan rings is 1. The number of rotatable bonds is 5. The third-order valence-corrected chi connectivity index (χ3v) is 6.01. The lowest BCUT2D eigenvalue weighted by molar-refractivity contribution is -0.139. The molecule has 2 aliphatic rings. The maximum Gasteiger partial charge on any atom is 0.338 e. The van der Waals surface area contributed by atoms with E-state index in [1.54, 1.807) is 19.1 Å². The van der Waals surface area contributed by atoms with Crippen molar-refractivity contribution in [3.05, 3.63) is 59.7 Å². The summed E-state index contributed by atoms with van der Waals surface area (Å²) in [6.45, 7) is 3.24. The zero-order chi connectivity index (χ0) is 20.2. The molecule has 1 atom stereocenters. The van der Waals surface area contributed by atoms with Crippen molar-refractivity contribution in [2.45, 2.75) is 24.3 Å². The van der Waals surface area contributed by atoms with Crippen LogP contribution in [0.4, 0.5) is 10.5 Å². The van der Waals surface area contributed by atoms with E-state index in [0.29, 0.717) is 23.6 Å². The van der Waals surface area contributed by atoms with Gasteiger partial charge in [0.25, 0.3) is 0 Å². The van der Waals surface area contributed by atoms with Crippen LogP contribution in [-0.4, -0.2) is 37.4 Å². The molecule has 2 N–H and O–H groups in total. The molecule has 0 radical (unpaired) electrons. The highest BCUT2D eigenvalue weighted by atomic mass is 32.2. The lowest BCUT2D eigenvalue weighted by Crippen LogP contribution is -2.48. The first-order valence-electron chi connectivity index (χ1n) is 9.65. The largest absolute Gasteiger partial charge is 0.467 e. The SMILES string of the molecule is CCOC(=O)C1=C(CN2CCCSc3ccccc32)NC(=O)N[C@H]1c1ccco1. The Kier molecular flexibility index (Phi) is 5.80. The monoisotopic (exact) mass is 413 g/mol. The summed E-state index contributed by atoms with van der Waals surface area (Å²) in [5.41, 5.74) is 2.01. The Balaban J connectivity index is 1.74. The van der Waals surface area contributed by atoms with Crippen molar-refractivity contribution in [2.75, 3.05) is 30.3 Å². The molecule has 2 amide bonds. The maximum absolute atomic E-state index is 12.8. The fourth-order valence-electron chi connectivity index (χ4n) is 3.62. The van der Waals surface area contributed by atoms with Gasteiger partial charge in [0, 0.05) is 11.4 Å². The van der Waals surface area contributed by atoms with Gasteiger partial charge in [0.05, 0.1) is 36.4 Å². The van der Waals surface area contributed by atoms with E-state index in [9.17, 15) is 9.59 Å². The number of ether oxygens (including phenoxy) is 1. The summed E-state index contributed by atoms with van der Waals surface area (Å²) >= 11 is 1.83. The van der Waals surface area contributed by atoms with Crippen LogP contribution in [0.5, 0.6) is 0 Å². The van der Waals surface area contributed by atoms with Gasteiger partial charge in [0.2, 0.25) is 0 Å². The number of carbonyl (C=O) groups is 2. The van der Waals surface area contributed by atoms with Crippen LogP contribution >= 0.6 is 11.8 Å². The van der Waals surface area contributed by atoms with Gasteiger partial charge in [-0.15, -0.1) is 11.8 Å². The topological polar surface area (TPSA) is 83.8 Å². The van der Waals surface area contributed by atoms with E-state index in [1.165, 1.54) is 11.2 Å². The smallest absolute Gasteiger partial charge is 0.338 e. The minimum Gasteiger partial charge on any atom is -0.467 e. The highest BCUT2D eigenvalue weighted by Gasteiger charge is 2.36. The Bertz CT molecular complexity index is 926. The lowest BCUT2D eigenvalue weighted by atomic mass is 9.99. The van der Waals surface area contributed by atoms with E-state index >= 15 is 0 Å². The molecule has 2 aromatic rings. The van der Waals surface area contributed by atoms with Crippen molar-refractivity contribution < 1.29 is 18.7 Å². The predicted molar refractivity (Wildman–Crippen MR) is 111 cm³/mol. The second-order valence-electron chi connectivity index (χ2n) is 6.75. The number of esters is 1. The van der Waals surface area contributed by atoms with Gasteiger partial charge in [-0.05, 0) is 43.4 Å². The first-order valence-corrected chi connectivity index (χ1v) is 10.6. The number of anilines is 1. The number of benzene rings is 1. The van der Waals surface area contributed by atoms with Crippen LogP contribution in [0.25, 0.3) is 0 Å². The molecule has 0 fully saturated rings. The summed E-state index contributed by atoms with van der Waals surface area (Å²) in [6, 6.07) is 10.6. The normalized spacial score (nSPS) is 19.1. The first-order chi connectivity index (χ1) is 14.2. The van der Waals surface area contributed by atoms with Gasteiger partial charge in [-0.25, -0.2) is 9.59 Å². The van der Waals surface area contributed by atoms with E-state index in [1.807, 2.05) is 23.9 Å². The Morgan fingerprint density at radius 3 is 2.97 bits per heavy atom. The Morgan fingerprint density at radius 1 is 1.31 bits per heavy atom. The number of amides is 2. The second-order valence-corrected chi connectivity index (χ2v) is 7.89. The number of hydrogen-bond donors (Lipinski definition) is 2. The third kappa shape index (κ3) is 4.12. The Hall–Kier alpha value is -2.87. The fourth-order valence-corrected chi connectivity index (χ4v) is 4.63. The molecule has 0 unspecified atom stereocenters. The molecule has 0 bridgehead atoms. The molecule has 152 valence electrons. The van der Waals surface area contributed by atoms with Gasteiger partial charge in [-0.1, -0.05) is 12.1 Å². The van der Waals surface area contributed by atoms with Crippen molar-refractivity contribution in [1.82, 2.24) is 10.6 Å². The van der Waals surface area contributed by atoms with Gasteiger partial charge in [-0.2, -0.15) is 0 Å². The van der Waals surface area contributed by atoms with Crippen molar-refractivity contribution in [3.8, 4) is 0 Å². The average Bonchev–Trinajstić information content (AvgIpc) is 3.17. The van der Waals surface area contributed by atoms with Gasteiger partial charge < -0.3 is 24.7 Å². The molecular formula is C21H23N3O4S. The number of urea groups is 1. The van der Waals surface area contributed by atoms with Gasteiger partial charge in [0.1, 0.15) is 11.8 Å². The van der Waals surface area contributed by atoms with Crippen molar-refractivity contribution >= 4 is 29.4 Å². The molecule has 0 saturated heterocycles. The Morgan fingerprint density at radius 2 is 2.17 bits per heavy atom. The third-order valence-electron chi connectivity index (χ3n) is 4.86. The molecule has 0 aliphatic carbocycles. The highest BCUT2D eigenvalue weighted by molar-refractivity contribution is 7.99. The minimum atomic E-state index is -0.690. The van der Waals surface area contributed by atoms with Crippen molar-refractivity contribution in [2.24, 2.45) is 0 Å². The quantitative estimate of drug-likeness (QED) is 0.731. The summed E-state index contributed by atoms with van der Waals surface area (Å²) in [4.78, 5) is 28.6. The summed E-state index contributed by atoms with van der Waals surface area (Å²) in [5, 5.41) is 5.62. The predicted octanol–water partition coefficient (Wildman–Crippen LogP) is 3.45. The van der Waals surface area contributed by atoms with E-state index in [0.717, 1.165) is 24.4 Å². The molecule has 3 heterocycles. The maximum atomic E-state index is 12.8. The molecule has 8 heteroatoms. The number of hydrogen-bond acceptors (Lipinski definition) is 6. The standard InChI is InChI=1S/C21H23N3O4S/c1-2-27-20(25)18-14(22-21(26)23-19(18)16-8-5-11-28-16)13-24-10-6-12-29-17-9-4-3-7-15(17)24/h3-5,7-9,11,19H,2,6,10,12-13H2,1H3,(H2,22,23,26)/t19-/m0/s1. The van der Waals surface area contributed by atoms with Crippen LogP contribution in [0.3, 0.4) is 0 Å². The number of fused-ring (bicyclic) bond motifs is 1. The van der Waals surface area contributed by atoms with E-state index in [2.05, 4.69) is 27.7 Å². The van der Waals surface area contributed by atoms with Crippen LogP contribution in [0, 0.1) is 0 Å². The second kappa shape index (κ2) is 8.65. The van der Waals surface area contributed by atoms with E-state index in [-0.39, 0.29) is 12.6 Å². The fraction of sp³-hybridized carbons (Fsp3) is 0.333. The minimum absolute atomic E-state index is 0.248. The van der Waals surface area contributed by atoms with Gasteiger partial charge in [0.15, 0.2) is 0 Å². The van der Waals surface area contributed by atoms with Crippen LogP contribution in [-0.2, 0) is 9.53 Å². The zero-order valence-corrected chi connectivity index (χ0v) is 17.0. The average molecular weight is 413 g/mol. The molecule has 1 aromatic carbocycles. The zero-order valence-electron chi connectivity index (χ0n) is 16.1. The Labute approximate surface area is 173 Å². The number of carbonyl (C=O) groups excluding carboxylic acids is 2. The molecule has 29 heavy (non-hydrogen) atoms. The molecule has 2 aliphatic heterocycles. The van der Waals surface area contributed by atoms with Crippen LogP contribution in [0.2, 0.25) is 0 Å². The summed E-state index contributed by atoms with van der Waals surface area (Å²) in [6.07, 6.45) is 2.53. The number of nitrogens with one attached hydrogen (secondary N) is 2. The van der Waals surface area contributed by atoms with Crippen LogP contribution in [0.15, 0.2) is 63.2 Å². The molecule has 0 spiro atoms. The summed E-state index contributed by atoms with van der Waals surface area (Å²) < 4.78 is 10.8. The molecular weight excluding hydrogens is 390 g/mol. The molecule has 1 aromatic heterocycles. The van der Waals surface area contributed by atoms with Crippen molar-refractivity contribution in [1.29, 1.82) is 0 Å². The van der Waals surface area contributed by atoms with Gasteiger partial charge >= 0.3 is 12.0 Å². The van der Waals surface area contributed by atoms with E-state index in [4.69, 9.17) is 9.15 Å². The molecule has 4 rings (SSSR count). The van der Waals surface area contributed by atoms with Crippen LogP contribution < -0.4 is 15.5 Å². The van der Waals surface area contributed by atoms with Crippen LogP contribution in [0.1, 0.15) is 25.1 Å². The van der Waals surface area contributed by atoms with E-state index < -0.39 is 12.0 Å². The van der Waals surface area contributed by atoms with Crippen molar-refractivity contribution in [3.63, 3.8) is 0 Å². The number of thioether (sulfide) groups is 1. The first kappa shape index (κ1) is 19.4. The summed E-state index contributed by atoms with van der Waals surface area (Å²) in [7, 11) is 0.